The normalized spacial score (nSPS) is 11.4. The molecule has 0 saturated carbocycles. The first kappa shape index (κ1) is 13.3. The van der Waals surface area contributed by atoms with Crippen LogP contribution in [0, 0.1) is 0 Å². The SMILES string of the molecule is CCCc1cc2ccc(OCC)c(C(F)F)c2s1. The predicted molar refractivity (Wildman–Crippen MR) is 71.9 cm³/mol. The lowest BCUT2D eigenvalue weighted by molar-refractivity contribution is 0.147. The van der Waals surface area contributed by atoms with Gasteiger partial charge in [-0.15, -0.1) is 11.3 Å². The summed E-state index contributed by atoms with van der Waals surface area (Å²) in [5.74, 6) is 0.310. The molecular weight excluding hydrogens is 254 g/mol. The summed E-state index contributed by atoms with van der Waals surface area (Å²) in [7, 11) is 0. The number of hydrogen-bond acceptors (Lipinski definition) is 2. The maximum atomic E-state index is 13.2. The second-order valence-corrected chi connectivity index (χ2v) is 5.23. The van der Waals surface area contributed by atoms with Gasteiger partial charge in [-0.25, -0.2) is 8.78 Å². The van der Waals surface area contributed by atoms with E-state index in [9.17, 15) is 8.78 Å². The summed E-state index contributed by atoms with van der Waals surface area (Å²) in [6.45, 7) is 4.29. The zero-order valence-electron chi connectivity index (χ0n) is 10.5. The summed E-state index contributed by atoms with van der Waals surface area (Å²) in [6.07, 6.45) is -0.537. The highest BCUT2D eigenvalue weighted by atomic mass is 32.1. The first-order valence-corrected chi connectivity index (χ1v) is 6.95. The van der Waals surface area contributed by atoms with Crippen molar-refractivity contribution in [2.75, 3.05) is 6.61 Å². The molecule has 98 valence electrons. The summed E-state index contributed by atoms with van der Waals surface area (Å²) in [5.41, 5.74) is 0.0432. The molecule has 1 aromatic heterocycles. The molecule has 4 heteroatoms. The molecule has 0 fully saturated rings. The van der Waals surface area contributed by atoms with E-state index in [1.165, 1.54) is 11.3 Å². The van der Waals surface area contributed by atoms with Gasteiger partial charge in [0.2, 0.25) is 0 Å². The first-order valence-electron chi connectivity index (χ1n) is 6.13. The molecule has 0 unspecified atom stereocenters. The number of thiophene rings is 1. The second-order valence-electron chi connectivity index (χ2n) is 4.09. The molecule has 2 aromatic rings. The zero-order chi connectivity index (χ0) is 13.1. The lowest BCUT2D eigenvalue weighted by Crippen LogP contribution is -1.97. The maximum Gasteiger partial charge on any atom is 0.268 e. The minimum Gasteiger partial charge on any atom is -0.493 e. The first-order chi connectivity index (χ1) is 8.67. The molecular formula is C14H16F2OS. The van der Waals surface area contributed by atoms with Gasteiger partial charge in [0.05, 0.1) is 12.2 Å². The van der Waals surface area contributed by atoms with E-state index in [-0.39, 0.29) is 5.56 Å². The van der Waals surface area contributed by atoms with E-state index in [4.69, 9.17) is 4.74 Å². The Morgan fingerprint density at radius 2 is 2.06 bits per heavy atom. The van der Waals surface area contributed by atoms with E-state index < -0.39 is 6.43 Å². The van der Waals surface area contributed by atoms with Crippen LogP contribution in [0.4, 0.5) is 8.78 Å². The fourth-order valence-corrected chi connectivity index (χ4v) is 3.32. The zero-order valence-corrected chi connectivity index (χ0v) is 11.3. The molecule has 0 amide bonds. The molecule has 0 N–H and O–H groups in total. The van der Waals surface area contributed by atoms with Crippen molar-refractivity contribution in [3.8, 4) is 5.75 Å². The molecule has 1 heterocycles. The highest BCUT2D eigenvalue weighted by Gasteiger charge is 2.19. The number of halogens is 2. The number of hydrogen-bond donors (Lipinski definition) is 0. The van der Waals surface area contributed by atoms with Gasteiger partial charge in [-0.2, -0.15) is 0 Å². The number of benzene rings is 1. The molecule has 0 spiro atoms. The third-order valence-electron chi connectivity index (χ3n) is 2.75. The second kappa shape index (κ2) is 5.65. The van der Waals surface area contributed by atoms with Crippen LogP contribution >= 0.6 is 11.3 Å². The van der Waals surface area contributed by atoms with E-state index in [0.29, 0.717) is 17.1 Å². The number of aryl methyl sites for hydroxylation is 1. The van der Waals surface area contributed by atoms with Crippen molar-refractivity contribution in [3.05, 3.63) is 28.6 Å². The molecule has 0 bridgehead atoms. The van der Waals surface area contributed by atoms with Gasteiger partial charge in [0.15, 0.2) is 0 Å². The average molecular weight is 270 g/mol. The Labute approximate surface area is 109 Å². The van der Waals surface area contributed by atoms with Crippen LogP contribution in [0.3, 0.4) is 0 Å². The average Bonchev–Trinajstić information content (AvgIpc) is 2.71. The Morgan fingerprint density at radius 3 is 2.67 bits per heavy atom. The molecule has 0 aliphatic rings. The van der Waals surface area contributed by atoms with Crippen molar-refractivity contribution < 1.29 is 13.5 Å². The minimum atomic E-state index is -2.50. The number of alkyl halides is 2. The largest absolute Gasteiger partial charge is 0.493 e. The van der Waals surface area contributed by atoms with Gasteiger partial charge in [-0.1, -0.05) is 13.3 Å². The molecule has 0 radical (unpaired) electrons. The summed E-state index contributed by atoms with van der Waals surface area (Å²) in [5, 5.41) is 0.891. The van der Waals surface area contributed by atoms with Crippen LogP contribution in [0.5, 0.6) is 5.75 Å². The smallest absolute Gasteiger partial charge is 0.268 e. The van der Waals surface area contributed by atoms with Crippen molar-refractivity contribution in [3.63, 3.8) is 0 Å². The van der Waals surface area contributed by atoms with Crippen LogP contribution in [0.25, 0.3) is 10.1 Å². The van der Waals surface area contributed by atoms with Crippen molar-refractivity contribution in [1.29, 1.82) is 0 Å². The molecule has 0 atom stereocenters. The molecule has 18 heavy (non-hydrogen) atoms. The molecule has 2 rings (SSSR count). The molecule has 0 aliphatic carbocycles. The highest BCUT2D eigenvalue weighted by Crippen LogP contribution is 2.40. The van der Waals surface area contributed by atoms with Crippen LogP contribution in [0.2, 0.25) is 0 Å². The van der Waals surface area contributed by atoms with Gasteiger partial charge >= 0.3 is 0 Å². The molecule has 0 aliphatic heterocycles. The van der Waals surface area contributed by atoms with E-state index >= 15 is 0 Å². The van der Waals surface area contributed by atoms with Crippen LogP contribution < -0.4 is 4.74 Å². The number of rotatable bonds is 5. The summed E-state index contributed by atoms with van der Waals surface area (Å²) in [6, 6.07) is 5.52. The number of ether oxygens (including phenoxy) is 1. The molecule has 1 aromatic carbocycles. The molecule has 1 nitrogen and oxygen atoms in total. The summed E-state index contributed by atoms with van der Waals surface area (Å²) >= 11 is 1.46. The Bertz CT molecular complexity index is 534. The van der Waals surface area contributed by atoms with Crippen LogP contribution in [0.1, 0.15) is 37.1 Å². The lowest BCUT2D eigenvalue weighted by Gasteiger charge is -2.10. The van der Waals surface area contributed by atoms with Gasteiger partial charge in [-0.3, -0.25) is 0 Å². The van der Waals surface area contributed by atoms with E-state index in [0.717, 1.165) is 23.1 Å². The summed E-state index contributed by atoms with van der Waals surface area (Å²) < 4.78 is 32.4. The van der Waals surface area contributed by atoms with Crippen molar-refractivity contribution in [2.45, 2.75) is 33.1 Å². The van der Waals surface area contributed by atoms with Gasteiger partial charge in [-0.05, 0) is 36.9 Å². The fraction of sp³-hybridized carbons (Fsp3) is 0.429. The van der Waals surface area contributed by atoms with Crippen LogP contribution in [-0.2, 0) is 6.42 Å². The highest BCUT2D eigenvalue weighted by molar-refractivity contribution is 7.19. The molecule has 0 saturated heterocycles. The monoisotopic (exact) mass is 270 g/mol. The van der Waals surface area contributed by atoms with Crippen molar-refractivity contribution in [2.24, 2.45) is 0 Å². The van der Waals surface area contributed by atoms with Gasteiger partial charge in [0, 0.05) is 9.58 Å². The van der Waals surface area contributed by atoms with Crippen LogP contribution in [-0.4, -0.2) is 6.61 Å². The third-order valence-corrected chi connectivity index (χ3v) is 3.99. The van der Waals surface area contributed by atoms with Crippen molar-refractivity contribution in [1.82, 2.24) is 0 Å². The van der Waals surface area contributed by atoms with Gasteiger partial charge in [0.1, 0.15) is 5.75 Å². The topological polar surface area (TPSA) is 9.23 Å². The quantitative estimate of drug-likeness (QED) is 0.726. The van der Waals surface area contributed by atoms with Crippen LogP contribution in [0.15, 0.2) is 18.2 Å². The Kier molecular flexibility index (Phi) is 4.17. The standard InChI is InChI=1S/C14H16F2OS/c1-3-5-10-8-9-6-7-11(17-4-2)12(14(15)16)13(9)18-10/h6-8,14H,3-5H2,1-2H3. The van der Waals surface area contributed by atoms with E-state index in [1.807, 2.05) is 12.1 Å². The number of fused-ring (bicyclic) bond motifs is 1. The third kappa shape index (κ3) is 2.48. The maximum absolute atomic E-state index is 13.2. The fourth-order valence-electron chi connectivity index (χ4n) is 2.02. The Balaban J connectivity index is 2.57. The lowest BCUT2D eigenvalue weighted by atomic mass is 10.1. The van der Waals surface area contributed by atoms with Gasteiger partial charge in [0.25, 0.3) is 6.43 Å². The van der Waals surface area contributed by atoms with Crippen molar-refractivity contribution >= 4 is 21.4 Å². The van der Waals surface area contributed by atoms with E-state index in [1.54, 1.807) is 13.0 Å². The van der Waals surface area contributed by atoms with Gasteiger partial charge < -0.3 is 4.74 Å². The van der Waals surface area contributed by atoms with E-state index in [2.05, 4.69) is 6.92 Å². The summed E-state index contributed by atoms with van der Waals surface area (Å²) in [4.78, 5) is 1.16. The Hall–Kier alpha value is -1.16. The predicted octanol–water partition coefficient (Wildman–Crippen LogP) is 5.19. The Morgan fingerprint density at radius 1 is 1.28 bits per heavy atom. The minimum absolute atomic E-state index is 0.0432.